The van der Waals surface area contributed by atoms with Crippen molar-refractivity contribution in [2.45, 2.75) is 38.7 Å². The maximum absolute atomic E-state index is 11.5. The summed E-state index contributed by atoms with van der Waals surface area (Å²) >= 11 is 0. The molecular formula is C16H23N5O3. The number of primary amides is 1. The third-order valence-corrected chi connectivity index (χ3v) is 4.42. The van der Waals surface area contributed by atoms with Crippen LogP contribution in [0.3, 0.4) is 0 Å². The Morgan fingerprint density at radius 3 is 3.04 bits per heavy atom. The van der Waals surface area contributed by atoms with Crippen LogP contribution in [0.1, 0.15) is 33.1 Å². The molecule has 1 atom stereocenters. The van der Waals surface area contributed by atoms with Gasteiger partial charge in [-0.05, 0) is 45.1 Å². The van der Waals surface area contributed by atoms with Gasteiger partial charge in [-0.3, -0.25) is 4.98 Å². The van der Waals surface area contributed by atoms with Gasteiger partial charge in [-0.2, -0.15) is 0 Å². The van der Waals surface area contributed by atoms with E-state index in [0.717, 1.165) is 43.6 Å². The fourth-order valence-corrected chi connectivity index (χ4v) is 3.65. The molecule has 3 rings (SSSR count). The zero-order valence-electron chi connectivity index (χ0n) is 14.0. The number of hydrogen-bond donors (Lipinski definition) is 3. The second-order valence-corrected chi connectivity index (χ2v) is 6.97. The number of fused-ring (bicyclic) bond motifs is 1. The molecule has 1 unspecified atom stereocenters. The number of H-pyrrole nitrogens is 2. The smallest absolute Gasteiger partial charge is 0.405 e. The van der Waals surface area contributed by atoms with E-state index < -0.39 is 11.7 Å². The lowest BCUT2D eigenvalue weighted by Crippen LogP contribution is -2.40. The van der Waals surface area contributed by atoms with Gasteiger partial charge in [0.1, 0.15) is 11.1 Å². The number of nitrogens with two attached hydrogens (primary N) is 1. The molecule has 0 spiro atoms. The van der Waals surface area contributed by atoms with Crippen molar-refractivity contribution in [3.63, 3.8) is 0 Å². The third-order valence-electron chi connectivity index (χ3n) is 4.42. The quantitative estimate of drug-likeness (QED) is 0.787. The van der Waals surface area contributed by atoms with Crippen LogP contribution in [0.4, 0.5) is 10.5 Å². The fourth-order valence-electron chi connectivity index (χ4n) is 3.65. The molecule has 0 radical (unpaired) electrons. The van der Waals surface area contributed by atoms with Gasteiger partial charge in [-0.25, -0.2) is 14.6 Å². The molecule has 24 heavy (non-hydrogen) atoms. The van der Waals surface area contributed by atoms with E-state index in [2.05, 4.69) is 19.9 Å². The third kappa shape index (κ3) is 3.52. The standard InChI is InChI=1S/C16H23N5O3/c1-16(2,24-14(17)22)8-10-4-3-7-21(9-10)11-5-6-18-13-12(11)19-15(23)20-13/h5-6,10H,3-4,7-9H2,1-2H3,(H2,17,22)(H2,18,19,20,23). The Bertz CT molecular complexity index is 794. The van der Waals surface area contributed by atoms with Crippen molar-refractivity contribution in [2.24, 2.45) is 11.7 Å². The average molecular weight is 333 g/mol. The molecule has 1 amide bonds. The molecule has 0 aliphatic carbocycles. The Kier molecular flexibility index (Phi) is 4.21. The van der Waals surface area contributed by atoms with Crippen LogP contribution < -0.4 is 16.3 Å². The van der Waals surface area contributed by atoms with Gasteiger partial charge in [0.05, 0.1) is 5.69 Å². The second-order valence-electron chi connectivity index (χ2n) is 6.97. The summed E-state index contributed by atoms with van der Waals surface area (Å²) < 4.78 is 5.21. The highest BCUT2D eigenvalue weighted by molar-refractivity contribution is 5.85. The minimum Gasteiger partial charge on any atom is -0.444 e. The summed E-state index contributed by atoms with van der Waals surface area (Å²) in [6, 6.07) is 1.92. The van der Waals surface area contributed by atoms with Crippen molar-refractivity contribution in [2.75, 3.05) is 18.0 Å². The highest BCUT2D eigenvalue weighted by Gasteiger charge is 2.30. The Morgan fingerprint density at radius 1 is 1.50 bits per heavy atom. The van der Waals surface area contributed by atoms with E-state index in [9.17, 15) is 9.59 Å². The lowest BCUT2D eigenvalue weighted by atomic mass is 9.87. The molecule has 3 heterocycles. The van der Waals surface area contributed by atoms with Crippen molar-refractivity contribution in [1.82, 2.24) is 15.0 Å². The van der Waals surface area contributed by atoms with Crippen molar-refractivity contribution in [3.8, 4) is 0 Å². The van der Waals surface area contributed by atoms with Crippen molar-refractivity contribution >= 4 is 22.9 Å². The van der Waals surface area contributed by atoms with Gasteiger partial charge in [0.2, 0.25) is 0 Å². The molecule has 8 heteroatoms. The van der Waals surface area contributed by atoms with Crippen molar-refractivity contribution in [3.05, 3.63) is 22.7 Å². The Hall–Kier alpha value is -2.51. The number of nitrogens with zero attached hydrogens (tertiary/aromatic N) is 2. The Morgan fingerprint density at radius 2 is 2.29 bits per heavy atom. The molecule has 1 fully saturated rings. The van der Waals surface area contributed by atoms with Crippen molar-refractivity contribution in [1.29, 1.82) is 0 Å². The number of aromatic nitrogens is 3. The van der Waals surface area contributed by atoms with Crippen molar-refractivity contribution < 1.29 is 9.53 Å². The number of carbonyl (C=O) groups is 1. The van der Waals surface area contributed by atoms with Crippen LogP contribution in [0, 0.1) is 5.92 Å². The van der Waals surface area contributed by atoms with Crippen LogP contribution in [0.25, 0.3) is 11.2 Å². The van der Waals surface area contributed by atoms with E-state index >= 15 is 0 Å². The van der Waals surface area contributed by atoms with Gasteiger partial charge in [-0.1, -0.05) is 0 Å². The fraction of sp³-hybridized carbons (Fsp3) is 0.562. The van der Waals surface area contributed by atoms with Crippen LogP contribution >= 0.6 is 0 Å². The first-order valence-corrected chi connectivity index (χ1v) is 8.14. The number of nitrogens with one attached hydrogen (secondary N) is 2. The monoisotopic (exact) mass is 333 g/mol. The summed E-state index contributed by atoms with van der Waals surface area (Å²) in [4.78, 5) is 34.5. The number of piperidine rings is 1. The number of imidazole rings is 1. The van der Waals surface area contributed by atoms with Gasteiger partial charge < -0.3 is 20.4 Å². The van der Waals surface area contributed by atoms with E-state index in [1.807, 2.05) is 19.9 Å². The number of hydrogen-bond acceptors (Lipinski definition) is 5. The zero-order chi connectivity index (χ0) is 17.3. The molecule has 4 N–H and O–H groups in total. The molecule has 0 saturated carbocycles. The van der Waals surface area contributed by atoms with Gasteiger partial charge in [0, 0.05) is 19.3 Å². The number of amides is 1. The van der Waals surface area contributed by atoms with E-state index in [-0.39, 0.29) is 5.69 Å². The number of rotatable bonds is 4. The minimum atomic E-state index is -0.742. The van der Waals surface area contributed by atoms with E-state index in [1.165, 1.54) is 0 Å². The molecule has 0 bridgehead atoms. The first-order valence-electron chi connectivity index (χ1n) is 8.14. The van der Waals surface area contributed by atoms with Crippen LogP contribution in [0.15, 0.2) is 17.1 Å². The summed E-state index contributed by atoms with van der Waals surface area (Å²) in [5, 5.41) is 0. The number of ether oxygens (including phenoxy) is 1. The maximum Gasteiger partial charge on any atom is 0.405 e. The highest BCUT2D eigenvalue weighted by atomic mass is 16.6. The second kappa shape index (κ2) is 6.18. The first kappa shape index (κ1) is 16.4. The summed E-state index contributed by atoms with van der Waals surface area (Å²) in [6.45, 7) is 5.51. The lowest BCUT2D eigenvalue weighted by molar-refractivity contribution is 0.0248. The van der Waals surface area contributed by atoms with Crippen LogP contribution in [0.5, 0.6) is 0 Å². The van der Waals surface area contributed by atoms with E-state index in [0.29, 0.717) is 11.6 Å². The normalized spacial score (nSPS) is 18.8. The predicted octanol–water partition coefficient (Wildman–Crippen LogP) is 1.73. The van der Waals surface area contributed by atoms with Gasteiger partial charge >= 0.3 is 11.8 Å². The Balaban J connectivity index is 1.78. The lowest BCUT2D eigenvalue weighted by Gasteiger charge is -2.37. The molecule has 130 valence electrons. The van der Waals surface area contributed by atoms with Gasteiger partial charge in [-0.15, -0.1) is 0 Å². The summed E-state index contributed by atoms with van der Waals surface area (Å²) in [6.07, 6.45) is 3.80. The molecule has 1 aliphatic rings. The summed E-state index contributed by atoms with van der Waals surface area (Å²) in [5.41, 5.74) is 6.58. The first-order chi connectivity index (χ1) is 11.3. The molecule has 1 saturated heterocycles. The SMILES string of the molecule is CC(C)(CC1CCCN(c2ccnc3[nH]c(=O)[nH]c23)C1)OC(N)=O. The predicted molar refractivity (Wildman–Crippen MR) is 91.0 cm³/mol. The number of aromatic amines is 2. The minimum absolute atomic E-state index is 0.255. The van der Waals surface area contributed by atoms with Crippen LogP contribution in [-0.2, 0) is 4.74 Å². The topological polar surface area (TPSA) is 117 Å². The average Bonchev–Trinajstić information content (AvgIpc) is 2.85. The largest absolute Gasteiger partial charge is 0.444 e. The molecule has 2 aromatic heterocycles. The highest BCUT2D eigenvalue weighted by Crippen LogP contribution is 2.31. The summed E-state index contributed by atoms with van der Waals surface area (Å²) in [7, 11) is 0. The summed E-state index contributed by atoms with van der Waals surface area (Å²) in [5.74, 6) is 0.377. The Labute approximate surface area is 139 Å². The molecule has 2 aromatic rings. The van der Waals surface area contributed by atoms with Gasteiger partial charge in [0.15, 0.2) is 5.65 Å². The van der Waals surface area contributed by atoms with E-state index in [1.54, 1.807) is 6.20 Å². The van der Waals surface area contributed by atoms with Crippen LogP contribution in [0.2, 0.25) is 0 Å². The van der Waals surface area contributed by atoms with Crippen LogP contribution in [-0.4, -0.2) is 39.7 Å². The maximum atomic E-state index is 11.5. The zero-order valence-corrected chi connectivity index (χ0v) is 14.0. The van der Waals surface area contributed by atoms with E-state index in [4.69, 9.17) is 10.5 Å². The molecular weight excluding hydrogens is 310 g/mol. The van der Waals surface area contributed by atoms with Gasteiger partial charge in [0.25, 0.3) is 0 Å². The molecule has 0 aromatic carbocycles. The molecule has 8 nitrogen and oxygen atoms in total. The number of pyridine rings is 1. The number of carbonyl (C=O) groups excluding carboxylic acids is 1. The number of anilines is 1. The molecule has 1 aliphatic heterocycles.